The topological polar surface area (TPSA) is 56.1 Å². The van der Waals surface area contributed by atoms with Gasteiger partial charge in [-0.2, -0.15) is 5.26 Å². The normalized spacial score (nSPS) is 25.7. The van der Waals surface area contributed by atoms with Crippen molar-refractivity contribution in [2.45, 2.75) is 18.9 Å². The number of amides is 1. The fourth-order valence-corrected chi connectivity index (χ4v) is 3.12. The van der Waals surface area contributed by atoms with Gasteiger partial charge in [0, 0.05) is 24.7 Å². The van der Waals surface area contributed by atoms with Gasteiger partial charge in [-0.05, 0) is 43.5 Å². The maximum absolute atomic E-state index is 12.4. The van der Waals surface area contributed by atoms with Gasteiger partial charge < -0.3 is 10.2 Å². The fraction of sp³-hybridized carbons (Fsp3) is 0.467. The lowest BCUT2D eigenvalue weighted by molar-refractivity contribution is 0.0785. The zero-order valence-electron chi connectivity index (χ0n) is 10.8. The van der Waals surface area contributed by atoms with Crippen LogP contribution in [0.4, 0.5) is 0 Å². The first-order valence-corrected chi connectivity index (χ1v) is 6.81. The van der Waals surface area contributed by atoms with E-state index in [1.807, 2.05) is 4.90 Å². The average molecular weight is 255 g/mol. The van der Waals surface area contributed by atoms with E-state index in [-0.39, 0.29) is 5.91 Å². The Bertz CT molecular complexity index is 520. The minimum atomic E-state index is 0.0494. The van der Waals surface area contributed by atoms with Crippen LogP contribution in [0.2, 0.25) is 0 Å². The van der Waals surface area contributed by atoms with E-state index in [1.54, 1.807) is 24.3 Å². The molecule has 0 radical (unpaired) electrons. The van der Waals surface area contributed by atoms with Gasteiger partial charge in [0.25, 0.3) is 5.91 Å². The minimum absolute atomic E-state index is 0.0494. The highest BCUT2D eigenvalue weighted by Gasteiger charge is 2.36. The Hall–Kier alpha value is -1.86. The van der Waals surface area contributed by atoms with E-state index in [9.17, 15) is 4.79 Å². The predicted molar refractivity (Wildman–Crippen MR) is 71.6 cm³/mol. The summed E-state index contributed by atoms with van der Waals surface area (Å²) in [5, 5.41) is 12.4. The van der Waals surface area contributed by atoms with Crippen molar-refractivity contribution in [1.82, 2.24) is 10.2 Å². The molecule has 0 aliphatic carbocycles. The van der Waals surface area contributed by atoms with Crippen LogP contribution in [0.3, 0.4) is 0 Å². The van der Waals surface area contributed by atoms with Crippen LogP contribution in [0.1, 0.15) is 28.8 Å². The van der Waals surface area contributed by atoms with Gasteiger partial charge in [0.15, 0.2) is 0 Å². The van der Waals surface area contributed by atoms with Crippen molar-refractivity contribution in [1.29, 1.82) is 5.26 Å². The number of likely N-dealkylation sites (tertiary alicyclic amines) is 1. The molecule has 1 amide bonds. The highest BCUT2D eigenvalue weighted by Crippen LogP contribution is 2.26. The zero-order valence-corrected chi connectivity index (χ0v) is 10.8. The molecule has 2 aliphatic heterocycles. The van der Waals surface area contributed by atoms with Crippen LogP contribution in [0.5, 0.6) is 0 Å². The van der Waals surface area contributed by atoms with E-state index in [4.69, 9.17) is 5.26 Å². The molecule has 2 unspecified atom stereocenters. The van der Waals surface area contributed by atoms with Crippen molar-refractivity contribution in [2.24, 2.45) is 5.92 Å². The molecule has 4 heteroatoms. The number of carbonyl (C=O) groups is 1. The zero-order chi connectivity index (χ0) is 13.2. The molecule has 2 saturated heterocycles. The van der Waals surface area contributed by atoms with Crippen LogP contribution in [-0.4, -0.2) is 36.5 Å². The molecular weight excluding hydrogens is 238 g/mol. The van der Waals surface area contributed by atoms with Gasteiger partial charge in [-0.3, -0.25) is 4.79 Å². The lowest BCUT2D eigenvalue weighted by Crippen LogP contribution is -2.41. The van der Waals surface area contributed by atoms with Crippen LogP contribution >= 0.6 is 0 Å². The molecule has 2 aliphatic rings. The monoisotopic (exact) mass is 255 g/mol. The number of carbonyl (C=O) groups excluding carboxylic acids is 1. The van der Waals surface area contributed by atoms with Crippen LogP contribution in [0.25, 0.3) is 0 Å². The number of benzene rings is 1. The summed E-state index contributed by atoms with van der Waals surface area (Å²) in [5.41, 5.74) is 1.17. The Morgan fingerprint density at radius 3 is 3.11 bits per heavy atom. The number of nitrogens with zero attached hydrogens (tertiary/aromatic N) is 2. The summed E-state index contributed by atoms with van der Waals surface area (Å²) in [6, 6.07) is 9.50. The van der Waals surface area contributed by atoms with Crippen molar-refractivity contribution in [3.8, 4) is 6.07 Å². The van der Waals surface area contributed by atoms with Gasteiger partial charge in [0.1, 0.15) is 0 Å². The molecule has 3 rings (SSSR count). The number of nitriles is 1. The first-order chi connectivity index (χ1) is 9.28. The summed E-state index contributed by atoms with van der Waals surface area (Å²) in [4.78, 5) is 14.4. The summed E-state index contributed by atoms with van der Waals surface area (Å²) in [5.74, 6) is 0.644. The summed E-state index contributed by atoms with van der Waals surface area (Å²) < 4.78 is 0. The van der Waals surface area contributed by atoms with E-state index < -0.39 is 0 Å². The predicted octanol–water partition coefficient (Wildman–Crippen LogP) is 1.38. The summed E-state index contributed by atoms with van der Waals surface area (Å²) >= 11 is 0. The molecule has 1 aromatic rings. The molecule has 4 nitrogen and oxygen atoms in total. The van der Waals surface area contributed by atoms with Crippen molar-refractivity contribution in [2.75, 3.05) is 19.6 Å². The van der Waals surface area contributed by atoms with Crippen LogP contribution in [0.15, 0.2) is 24.3 Å². The third-order valence-corrected chi connectivity index (χ3v) is 4.13. The summed E-state index contributed by atoms with van der Waals surface area (Å²) in [7, 11) is 0. The first-order valence-electron chi connectivity index (χ1n) is 6.81. The Kier molecular flexibility index (Phi) is 3.22. The number of fused-ring (bicyclic) bond motifs is 1. The van der Waals surface area contributed by atoms with Gasteiger partial charge >= 0.3 is 0 Å². The Balaban J connectivity index is 1.75. The second kappa shape index (κ2) is 5.02. The van der Waals surface area contributed by atoms with Crippen molar-refractivity contribution < 1.29 is 4.79 Å². The number of nitrogens with one attached hydrogen (secondary N) is 1. The largest absolute Gasteiger partial charge is 0.337 e. The lowest BCUT2D eigenvalue weighted by Gasteiger charge is -2.24. The quantitative estimate of drug-likeness (QED) is 0.825. The SMILES string of the molecule is N#Cc1cccc(C(=O)N2CC3CCCNC3C2)c1. The van der Waals surface area contributed by atoms with Gasteiger partial charge in [0.05, 0.1) is 11.6 Å². The molecule has 2 atom stereocenters. The van der Waals surface area contributed by atoms with Crippen LogP contribution in [-0.2, 0) is 0 Å². The van der Waals surface area contributed by atoms with Crippen molar-refractivity contribution >= 4 is 5.91 Å². The molecule has 19 heavy (non-hydrogen) atoms. The molecule has 0 spiro atoms. The summed E-state index contributed by atoms with van der Waals surface area (Å²) in [6.45, 7) is 2.70. The van der Waals surface area contributed by atoms with E-state index in [2.05, 4.69) is 11.4 Å². The maximum atomic E-state index is 12.4. The lowest BCUT2D eigenvalue weighted by atomic mass is 9.94. The smallest absolute Gasteiger partial charge is 0.253 e. The van der Waals surface area contributed by atoms with Gasteiger partial charge in [0.2, 0.25) is 0 Å². The third-order valence-electron chi connectivity index (χ3n) is 4.13. The van der Waals surface area contributed by atoms with Gasteiger partial charge in [-0.15, -0.1) is 0 Å². The third kappa shape index (κ3) is 2.34. The summed E-state index contributed by atoms with van der Waals surface area (Å²) in [6.07, 6.45) is 2.41. The van der Waals surface area contributed by atoms with E-state index in [1.165, 1.54) is 12.8 Å². The molecular formula is C15H17N3O. The minimum Gasteiger partial charge on any atom is -0.337 e. The fourth-order valence-electron chi connectivity index (χ4n) is 3.12. The molecule has 0 bridgehead atoms. The second-order valence-electron chi connectivity index (χ2n) is 5.37. The Morgan fingerprint density at radius 2 is 2.32 bits per heavy atom. The van der Waals surface area contributed by atoms with E-state index >= 15 is 0 Å². The molecule has 1 N–H and O–H groups in total. The molecule has 98 valence electrons. The van der Waals surface area contributed by atoms with Crippen LogP contribution < -0.4 is 5.32 Å². The molecule has 2 heterocycles. The van der Waals surface area contributed by atoms with Gasteiger partial charge in [-0.1, -0.05) is 6.07 Å². The van der Waals surface area contributed by atoms with Crippen molar-refractivity contribution in [3.63, 3.8) is 0 Å². The Labute approximate surface area is 113 Å². The standard InChI is InChI=1S/C15H17N3O/c16-8-11-3-1-4-12(7-11)15(19)18-9-13-5-2-6-17-14(13)10-18/h1,3-4,7,13-14,17H,2,5-6,9-10H2. The molecule has 0 aromatic heterocycles. The molecule has 2 fully saturated rings. The van der Waals surface area contributed by atoms with Gasteiger partial charge in [-0.25, -0.2) is 0 Å². The Morgan fingerprint density at radius 1 is 1.42 bits per heavy atom. The van der Waals surface area contributed by atoms with Crippen molar-refractivity contribution in [3.05, 3.63) is 35.4 Å². The first kappa shape index (κ1) is 12.2. The highest BCUT2D eigenvalue weighted by atomic mass is 16.2. The van der Waals surface area contributed by atoms with E-state index in [0.717, 1.165) is 19.6 Å². The number of hydrogen-bond donors (Lipinski definition) is 1. The molecule has 1 aromatic carbocycles. The second-order valence-corrected chi connectivity index (χ2v) is 5.37. The number of rotatable bonds is 1. The maximum Gasteiger partial charge on any atom is 0.253 e. The average Bonchev–Trinajstić information content (AvgIpc) is 2.90. The van der Waals surface area contributed by atoms with E-state index in [0.29, 0.717) is 23.1 Å². The number of hydrogen-bond acceptors (Lipinski definition) is 3. The number of piperidine rings is 1. The van der Waals surface area contributed by atoms with Crippen LogP contribution in [0, 0.1) is 17.2 Å². The molecule has 0 saturated carbocycles. The highest BCUT2D eigenvalue weighted by molar-refractivity contribution is 5.94.